The molecule has 9 rings (SSSR count). The summed E-state index contributed by atoms with van der Waals surface area (Å²) in [6.07, 6.45) is 0. The molecule has 0 bridgehead atoms. The van der Waals surface area contributed by atoms with Crippen LogP contribution in [-0.4, -0.2) is 33.0 Å². The van der Waals surface area contributed by atoms with Gasteiger partial charge in [0.2, 0.25) is 21.8 Å². The first-order valence-electron chi connectivity index (χ1n) is 17.1. The number of rotatable bonds is 2. The standard InChI is InChI=1S/C42H18F4N8O2S2/c1-41(2)23-5-22-24(6-21(23)35-37(41)53-39(57-35)51-31-29(15(11-47)12-48)17-7-25(43)27(45)9-19(17)33(31)55)42(3,4)38-36(22)58-40(54-38)52-32-30(16(13-49)14-50)18-8-26(44)28(46)10-20(18)34(32)56/h5-10H,1-4H3. The molecule has 0 N–H and O–H groups in total. The maximum absolute atomic E-state index is 14.3. The molecule has 0 amide bonds. The highest BCUT2D eigenvalue weighted by molar-refractivity contribution is 7.19. The van der Waals surface area contributed by atoms with Gasteiger partial charge in [-0.3, -0.25) is 9.59 Å². The lowest BCUT2D eigenvalue weighted by molar-refractivity contribution is 0.106. The van der Waals surface area contributed by atoms with Crippen molar-refractivity contribution < 1.29 is 27.2 Å². The van der Waals surface area contributed by atoms with Gasteiger partial charge in [0.25, 0.3) is 0 Å². The molecule has 0 saturated heterocycles. The SMILES string of the molecule is CC1(C)c2cc3c(cc2-c2sc(N=C4C(=O)c5cc(F)c(F)cc5C4=C(C#N)C#N)nc21)C(C)(C)c1nc(N=C2C(=O)c4cc(F)c(F)cc4C2=C(C#N)C#N)sc1-3. The number of hydrogen-bond acceptors (Lipinski definition) is 12. The third-order valence-corrected chi connectivity index (χ3v) is 12.8. The number of carbonyl (C=O) groups is 2. The van der Waals surface area contributed by atoms with Gasteiger partial charge in [0.15, 0.2) is 23.3 Å². The van der Waals surface area contributed by atoms with Crippen LogP contribution in [-0.2, 0) is 10.8 Å². The average Bonchev–Trinajstić information content (AvgIpc) is 4.00. The van der Waals surface area contributed by atoms with Gasteiger partial charge in [-0.2, -0.15) is 21.0 Å². The van der Waals surface area contributed by atoms with Crippen molar-refractivity contribution in [3.63, 3.8) is 0 Å². The summed E-state index contributed by atoms with van der Waals surface area (Å²) in [6.45, 7) is 7.86. The number of allylic oxidation sites excluding steroid dienone is 4. The number of fused-ring (bicyclic) bond motifs is 8. The van der Waals surface area contributed by atoms with E-state index in [1.807, 2.05) is 39.8 Å². The second-order valence-electron chi connectivity index (χ2n) is 14.7. The maximum Gasteiger partial charge on any atom is 0.212 e. The van der Waals surface area contributed by atoms with Crippen molar-refractivity contribution in [2.24, 2.45) is 9.98 Å². The zero-order chi connectivity index (χ0) is 41.3. The van der Waals surface area contributed by atoms with E-state index in [2.05, 4.69) is 9.98 Å². The lowest BCUT2D eigenvalue weighted by Crippen LogP contribution is -2.18. The summed E-state index contributed by atoms with van der Waals surface area (Å²) in [4.78, 5) is 47.1. The van der Waals surface area contributed by atoms with Gasteiger partial charge < -0.3 is 0 Å². The number of Topliss-reactive ketones (excluding diaryl/α,β-unsaturated/α-hetero) is 2. The molecule has 5 aromatic rings. The van der Waals surface area contributed by atoms with Crippen molar-refractivity contribution in [1.82, 2.24) is 9.97 Å². The Balaban J connectivity index is 1.14. The van der Waals surface area contributed by atoms with Crippen LogP contribution in [0.15, 0.2) is 57.5 Å². The van der Waals surface area contributed by atoms with E-state index in [1.165, 1.54) is 22.7 Å². The lowest BCUT2D eigenvalue weighted by Gasteiger charge is -2.23. The van der Waals surface area contributed by atoms with Gasteiger partial charge >= 0.3 is 0 Å². The highest BCUT2D eigenvalue weighted by Gasteiger charge is 2.46. The molecular weight excluding hydrogens is 789 g/mol. The molecule has 16 heteroatoms. The molecule has 0 fully saturated rings. The molecule has 58 heavy (non-hydrogen) atoms. The van der Waals surface area contributed by atoms with Gasteiger partial charge in [0.1, 0.15) is 46.8 Å². The van der Waals surface area contributed by atoms with E-state index < -0.39 is 56.8 Å². The summed E-state index contributed by atoms with van der Waals surface area (Å²) in [5.41, 5.74) is 0.725. The number of aromatic nitrogens is 2. The van der Waals surface area contributed by atoms with Gasteiger partial charge in [-0.15, -0.1) is 0 Å². The number of ketones is 2. The average molecular weight is 807 g/mol. The van der Waals surface area contributed by atoms with Crippen molar-refractivity contribution in [3.05, 3.63) is 116 Å². The number of halogens is 4. The molecule has 0 aliphatic heterocycles. The van der Waals surface area contributed by atoms with E-state index in [9.17, 15) is 48.2 Å². The van der Waals surface area contributed by atoms with Crippen LogP contribution in [0.3, 0.4) is 0 Å². The Bertz CT molecular complexity index is 2960. The third-order valence-electron chi connectivity index (χ3n) is 10.8. The van der Waals surface area contributed by atoms with Crippen molar-refractivity contribution in [3.8, 4) is 45.2 Å². The quantitative estimate of drug-likeness (QED) is 0.125. The van der Waals surface area contributed by atoms with E-state index in [-0.39, 0.29) is 55.1 Å². The second kappa shape index (κ2) is 12.1. The summed E-state index contributed by atoms with van der Waals surface area (Å²) in [5, 5.41) is 39.0. The molecule has 0 saturated carbocycles. The topological polar surface area (TPSA) is 180 Å². The minimum atomic E-state index is -1.26. The van der Waals surface area contributed by atoms with Crippen LogP contribution in [0.4, 0.5) is 27.8 Å². The van der Waals surface area contributed by atoms with Crippen LogP contribution in [0.1, 0.15) is 82.1 Å². The van der Waals surface area contributed by atoms with Crippen molar-refractivity contribution >= 4 is 67.1 Å². The number of nitrogens with zero attached hydrogens (tertiary/aromatic N) is 8. The largest absolute Gasteiger partial charge is 0.287 e. The number of hydrogen-bond donors (Lipinski definition) is 0. The highest BCUT2D eigenvalue weighted by atomic mass is 32.1. The molecule has 0 spiro atoms. The molecular formula is C42H18F4N8O2S2. The van der Waals surface area contributed by atoms with Crippen LogP contribution in [0.5, 0.6) is 0 Å². The van der Waals surface area contributed by atoms with Crippen LogP contribution >= 0.6 is 22.7 Å². The lowest BCUT2D eigenvalue weighted by atomic mass is 9.81. The second-order valence-corrected chi connectivity index (χ2v) is 16.6. The van der Waals surface area contributed by atoms with Gasteiger partial charge in [-0.25, -0.2) is 37.5 Å². The van der Waals surface area contributed by atoms with Crippen LogP contribution in [0.25, 0.3) is 32.0 Å². The Morgan fingerprint density at radius 1 is 0.552 bits per heavy atom. The third kappa shape index (κ3) is 4.77. The normalized spacial score (nSPS) is 17.2. The molecule has 278 valence electrons. The molecule has 0 unspecified atom stereocenters. The number of nitriles is 4. The Morgan fingerprint density at radius 2 is 0.879 bits per heavy atom. The van der Waals surface area contributed by atoms with Gasteiger partial charge in [0.05, 0.1) is 21.1 Å². The van der Waals surface area contributed by atoms with Crippen LogP contribution < -0.4 is 0 Å². The summed E-state index contributed by atoms with van der Waals surface area (Å²) < 4.78 is 57.0. The maximum atomic E-state index is 14.3. The fourth-order valence-corrected chi connectivity index (χ4v) is 10.3. The molecule has 4 aliphatic rings. The van der Waals surface area contributed by atoms with Gasteiger partial charge in [-0.1, -0.05) is 50.4 Å². The van der Waals surface area contributed by atoms with Gasteiger partial charge in [-0.05, 0) is 58.7 Å². The summed E-state index contributed by atoms with van der Waals surface area (Å²) in [5.74, 6) is -6.59. The molecule has 0 radical (unpaired) electrons. The van der Waals surface area contributed by atoms with Crippen molar-refractivity contribution in [2.45, 2.75) is 38.5 Å². The zero-order valence-corrected chi connectivity index (χ0v) is 31.8. The number of thiazole rings is 2. The Morgan fingerprint density at radius 3 is 1.21 bits per heavy atom. The van der Waals surface area contributed by atoms with Crippen molar-refractivity contribution in [2.75, 3.05) is 0 Å². The first-order valence-corrected chi connectivity index (χ1v) is 18.8. The van der Waals surface area contributed by atoms with E-state index >= 15 is 0 Å². The van der Waals surface area contributed by atoms with Crippen LogP contribution in [0, 0.1) is 68.6 Å². The molecule has 3 aromatic carbocycles. The van der Waals surface area contributed by atoms with E-state index in [1.54, 1.807) is 24.3 Å². The summed E-state index contributed by atoms with van der Waals surface area (Å²) in [6, 6.07) is 14.0. The Labute approximate surface area is 333 Å². The highest BCUT2D eigenvalue weighted by Crippen LogP contribution is 2.59. The van der Waals surface area contributed by atoms with Crippen molar-refractivity contribution in [1.29, 1.82) is 21.0 Å². The molecule has 2 aromatic heterocycles. The summed E-state index contributed by atoms with van der Waals surface area (Å²) in [7, 11) is 0. The Hall–Kier alpha value is -7.24. The fraction of sp³-hybridized carbons (Fsp3) is 0.143. The van der Waals surface area contributed by atoms with E-state index in [0.717, 1.165) is 56.3 Å². The van der Waals surface area contributed by atoms with E-state index in [0.29, 0.717) is 11.4 Å². The first-order chi connectivity index (χ1) is 27.5. The Kier molecular flexibility index (Phi) is 7.61. The minimum absolute atomic E-state index is 0.111. The summed E-state index contributed by atoms with van der Waals surface area (Å²) >= 11 is 2.35. The zero-order valence-electron chi connectivity index (χ0n) is 30.2. The number of aliphatic imine (C=N–C) groups is 2. The predicted octanol–water partition coefficient (Wildman–Crippen LogP) is 9.31. The fourth-order valence-electron chi connectivity index (χ4n) is 8.00. The molecule has 0 atom stereocenters. The van der Waals surface area contributed by atoms with E-state index in [4.69, 9.17) is 9.97 Å². The first kappa shape index (κ1) is 36.4. The monoisotopic (exact) mass is 806 g/mol. The molecule has 10 nitrogen and oxygen atoms in total. The van der Waals surface area contributed by atoms with Gasteiger partial charge in [0, 0.05) is 44.2 Å². The van der Waals surface area contributed by atoms with Crippen LogP contribution in [0.2, 0.25) is 0 Å². The predicted molar refractivity (Wildman–Crippen MR) is 205 cm³/mol. The minimum Gasteiger partial charge on any atom is -0.287 e. The number of carbonyl (C=O) groups excluding carboxylic acids is 2. The molecule has 4 aliphatic carbocycles. The molecule has 2 heterocycles. The smallest absolute Gasteiger partial charge is 0.212 e. The number of benzene rings is 3.